The van der Waals surface area contributed by atoms with Gasteiger partial charge in [0.15, 0.2) is 5.65 Å². The van der Waals surface area contributed by atoms with Gasteiger partial charge in [0.05, 0.1) is 5.69 Å². The highest BCUT2D eigenvalue weighted by Gasteiger charge is 2.35. The Labute approximate surface area is 150 Å². The molecule has 1 aliphatic carbocycles. The van der Waals surface area contributed by atoms with Crippen LogP contribution in [0, 0.1) is 5.41 Å². The lowest BCUT2D eigenvalue weighted by atomic mass is 9.77. The van der Waals surface area contributed by atoms with Crippen molar-refractivity contribution in [1.82, 2.24) is 14.6 Å². The second-order valence-corrected chi connectivity index (χ2v) is 7.69. The SMILES string of the molecule is CC1(C)CCCC1c1ccc(-c2cc(=O)n3[nH]cc(C(=O)O)c3n2)cc1. The predicted octanol–water partition coefficient (Wildman–Crippen LogP) is 3.68. The molecule has 0 amide bonds. The van der Waals surface area contributed by atoms with Crippen LogP contribution in [0.3, 0.4) is 0 Å². The highest BCUT2D eigenvalue weighted by molar-refractivity contribution is 5.94. The number of rotatable bonds is 3. The van der Waals surface area contributed by atoms with E-state index in [1.54, 1.807) is 0 Å². The zero-order valence-corrected chi connectivity index (χ0v) is 14.8. The summed E-state index contributed by atoms with van der Waals surface area (Å²) in [5, 5.41) is 11.9. The molecule has 1 fully saturated rings. The van der Waals surface area contributed by atoms with Crippen LogP contribution in [0.15, 0.2) is 41.3 Å². The fourth-order valence-electron chi connectivity index (χ4n) is 4.12. The van der Waals surface area contributed by atoms with Gasteiger partial charge in [-0.1, -0.05) is 44.5 Å². The van der Waals surface area contributed by atoms with E-state index >= 15 is 0 Å². The van der Waals surface area contributed by atoms with Crippen LogP contribution in [-0.4, -0.2) is 25.7 Å². The first-order valence-electron chi connectivity index (χ1n) is 8.82. The summed E-state index contributed by atoms with van der Waals surface area (Å²) in [6.45, 7) is 4.63. The van der Waals surface area contributed by atoms with Gasteiger partial charge in [0.2, 0.25) is 0 Å². The maximum Gasteiger partial charge on any atom is 0.341 e. The summed E-state index contributed by atoms with van der Waals surface area (Å²) < 4.78 is 1.14. The van der Waals surface area contributed by atoms with Crippen LogP contribution < -0.4 is 5.56 Å². The molecule has 6 heteroatoms. The van der Waals surface area contributed by atoms with Crippen molar-refractivity contribution in [3.63, 3.8) is 0 Å². The Hall–Kier alpha value is -2.89. The van der Waals surface area contributed by atoms with E-state index < -0.39 is 5.97 Å². The van der Waals surface area contributed by atoms with Gasteiger partial charge < -0.3 is 5.11 Å². The number of hydrogen-bond donors (Lipinski definition) is 2. The Kier molecular flexibility index (Phi) is 3.72. The number of carboxylic acids is 1. The lowest BCUT2D eigenvalue weighted by Gasteiger charge is -2.27. The largest absolute Gasteiger partial charge is 0.477 e. The molecule has 0 spiro atoms. The van der Waals surface area contributed by atoms with E-state index in [-0.39, 0.29) is 16.8 Å². The third kappa shape index (κ3) is 2.62. The van der Waals surface area contributed by atoms with Gasteiger partial charge in [-0.15, -0.1) is 0 Å². The molecular formula is C20H21N3O3. The standard InChI is InChI=1S/C20H21N3O3/c1-20(2)9-3-4-15(20)12-5-7-13(8-6-12)16-10-17(24)23-18(22-16)14(11-21-23)19(25)26/h5-8,10-11,15,21H,3-4,9H2,1-2H3,(H,25,26). The number of benzene rings is 1. The maximum atomic E-state index is 12.3. The van der Waals surface area contributed by atoms with E-state index in [2.05, 4.69) is 36.1 Å². The van der Waals surface area contributed by atoms with Crippen molar-refractivity contribution in [3.8, 4) is 11.3 Å². The van der Waals surface area contributed by atoms with Gasteiger partial charge in [-0.2, -0.15) is 0 Å². The summed E-state index contributed by atoms with van der Waals surface area (Å²) in [5.74, 6) is -0.576. The second kappa shape index (κ2) is 5.83. The molecule has 1 unspecified atom stereocenters. The van der Waals surface area contributed by atoms with Crippen molar-refractivity contribution in [2.45, 2.75) is 39.0 Å². The van der Waals surface area contributed by atoms with E-state index in [1.165, 1.54) is 37.1 Å². The van der Waals surface area contributed by atoms with E-state index in [9.17, 15) is 14.7 Å². The summed E-state index contributed by atoms with van der Waals surface area (Å²) in [5.41, 5.74) is 2.67. The average molecular weight is 351 g/mol. The summed E-state index contributed by atoms with van der Waals surface area (Å²) in [4.78, 5) is 28.0. The molecule has 3 aromatic rings. The molecule has 0 saturated heterocycles. The normalized spacial score (nSPS) is 19.1. The van der Waals surface area contributed by atoms with Crippen molar-refractivity contribution < 1.29 is 9.90 Å². The minimum atomic E-state index is -1.12. The number of carboxylic acid groups (broad SMARTS) is 1. The molecule has 134 valence electrons. The molecule has 1 saturated carbocycles. The van der Waals surface area contributed by atoms with Crippen LogP contribution in [0.4, 0.5) is 0 Å². The van der Waals surface area contributed by atoms with Crippen LogP contribution in [0.2, 0.25) is 0 Å². The van der Waals surface area contributed by atoms with Crippen molar-refractivity contribution >= 4 is 11.6 Å². The van der Waals surface area contributed by atoms with Gasteiger partial charge in [-0.25, -0.2) is 14.3 Å². The molecule has 1 atom stereocenters. The van der Waals surface area contributed by atoms with E-state index in [4.69, 9.17) is 0 Å². The number of H-pyrrole nitrogens is 1. The molecule has 1 aromatic carbocycles. The molecule has 6 nitrogen and oxygen atoms in total. The lowest BCUT2D eigenvalue weighted by Crippen LogP contribution is -2.16. The van der Waals surface area contributed by atoms with Crippen LogP contribution >= 0.6 is 0 Å². The Balaban J connectivity index is 1.75. The van der Waals surface area contributed by atoms with Crippen LogP contribution in [-0.2, 0) is 0 Å². The number of nitrogens with zero attached hydrogens (tertiary/aromatic N) is 2. The molecule has 0 radical (unpaired) electrons. The Morgan fingerprint density at radius 2 is 2.04 bits per heavy atom. The zero-order valence-electron chi connectivity index (χ0n) is 14.8. The minimum Gasteiger partial charge on any atom is -0.477 e. The molecular weight excluding hydrogens is 330 g/mol. The summed E-state index contributed by atoms with van der Waals surface area (Å²) in [7, 11) is 0. The van der Waals surface area contributed by atoms with Crippen molar-refractivity contribution in [2.75, 3.05) is 0 Å². The second-order valence-electron chi connectivity index (χ2n) is 7.69. The van der Waals surface area contributed by atoms with E-state index in [0.29, 0.717) is 17.0 Å². The summed E-state index contributed by atoms with van der Waals surface area (Å²) in [6, 6.07) is 9.56. The number of aromatic nitrogens is 3. The number of carbonyl (C=O) groups is 1. The fourth-order valence-corrected chi connectivity index (χ4v) is 4.12. The molecule has 26 heavy (non-hydrogen) atoms. The summed E-state index contributed by atoms with van der Waals surface area (Å²) >= 11 is 0. The fraction of sp³-hybridized carbons (Fsp3) is 0.350. The van der Waals surface area contributed by atoms with Gasteiger partial charge >= 0.3 is 5.97 Å². The molecule has 0 bridgehead atoms. The van der Waals surface area contributed by atoms with Gasteiger partial charge in [0.1, 0.15) is 5.56 Å². The Morgan fingerprint density at radius 3 is 2.65 bits per heavy atom. The molecule has 4 rings (SSSR count). The number of aromatic carboxylic acids is 1. The molecule has 2 heterocycles. The average Bonchev–Trinajstić information content (AvgIpc) is 3.18. The van der Waals surface area contributed by atoms with Gasteiger partial charge in [0, 0.05) is 17.8 Å². The molecule has 1 aliphatic rings. The monoisotopic (exact) mass is 351 g/mol. The molecule has 2 N–H and O–H groups in total. The number of fused-ring (bicyclic) bond motifs is 1. The van der Waals surface area contributed by atoms with Crippen molar-refractivity contribution in [1.29, 1.82) is 0 Å². The maximum absolute atomic E-state index is 12.3. The number of nitrogens with one attached hydrogen (secondary N) is 1. The first-order chi connectivity index (χ1) is 12.4. The molecule has 0 aliphatic heterocycles. The van der Waals surface area contributed by atoms with Crippen LogP contribution in [0.1, 0.15) is 54.9 Å². The van der Waals surface area contributed by atoms with Crippen LogP contribution in [0.25, 0.3) is 16.9 Å². The quantitative estimate of drug-likeness (QED) is 0.753. The predicted molar refractivity (Wildman–Crippen MR) is 98.6 cm³/mol. The highest BCUT2D eigenvalue weighted by Crippen LogP contribution is 2.48. The first kappa shape index (κ1) is 16.6. The third-order valence-corrected chi connectivity index (χ3v) is 5.59. The van der Waals surface area contributed by atoms with Gasteiger partial charge in [-0.3, -0.25) is 9.89 Å². The zero-order chi connectivity index (χ0) is 18.5. The molecule has 2 aromatic heterocycles. The van der Waals surface area contributed by atoms with Crippen LogP contribution in [0.5, 0.6) is 0 Å². The Morgan fingerprint density at radius 1 is 1.31 bits per heavy atom. The number of hydrogen-bond acceptors (Lipinski definition) is 3. The third-order valence-electron chi connectivity index (χ3n) is 5.59. The highest BCUT2D eigenvalue weighted by atomic mass is 16.4. The topological polar surface area (TPSA) is 87.5 Å². The van der Waals surface area contributed by atoms with E-state index in [0.717, 1.165) is 10.1 Å². The first-order valence-corrected chi connectivity index (χ1v) is 8.82. The van der Waals surface area contributed by atoms with Gasteiger partial charge in [0.25, 0.3) is 5.56 Å². The van der Waals surface area contributed by atoms with Crippen molar-refractivity contribution in [3.05, 3.63) is 58.0 Å². The number of aromatic amines is 1. The Bertz CT molecular complexity index is 1040. The lowest BCUT2D eigenvalue weighted by molar-refractivity contribution is 0.0698. The van der Waals surface area contributed by atoms with Gasteiger partial charge in [-0.05, 0) is 29.7 Å². The summed E-state index contributed by atoms with van der Waals surface area (Å²) in [6.07, 6.45) is 4.96. The smallest absolute Gasteiger partial charge is 0.341 e. The van der Waals surface area contributed by atoms with Crippen molar-refractivity contribution in [2.24, 2.45) is 5.41 Å². The minimum absolute atomic E-state index is 0.0201. The van der Waals surface area contributed by atoms with E-state index in [1.807, 2.05) is 12.1 Å².